The first kappa shape index (κ1) is 17.3. The highest BCUT2D eigenvalue weighted by Crippen LogP contribution is 2.36. The van der Waals surface area contributed by atoms with E-state index in [0.29, 0.717) is 16.3 Å². The predicted molar refractivity (Wildman–Crippen MR) is 102 cm³/mol. The van der Waals surface area contributed by atoms with Crippen LogP contribution in [0.2, 0.25) is 0 Å². The normalized spacial score (nSPS) is 18.9. The Morgan fingerprint density at radius 2 is 2.00 bits per heavy atom. The number of aryl methyl sites for hydroxylation is 2. The lowest BCUT2D eigenvalue weighted by Crippen LogP contribution is -2.31. The van der Waals surface area contributed by atoms with Crippen LogP contribution < -0.4 is 4.90 Å². The minimum absolute atomic E-state index is 0.114. The maximum atomic E-state index is 12.8. The summed E-state index contributed by atoms with van der Waals surface area (Å²) < 4.78 is 0.882. The van der Waals surface area contributed by atoms with Crippen LogP contribution >= 0.6 is 27.7 Å². The van der Waals surface area contributed by atoms with Gasteiger partial charge in [-0.05, 0) is 55.2 Å². The van der Waals surface area contributed by atoms with Crippen molar-refractivity contribution < 1.29 is 9.59 Å². The van der Waals surface area contributed by atoms with Gasteiger partial charge in [0.15, 0.2) is 0 Å². The number of hydrogen-bond acceptors (Lipinski definition) is 5. The molecular formula is C19H14BrN3O2S. The van der Waals surface area contributed by atoms with Gasteiger partial charge in [0, 0.05) is 16.6 Å². The fourth-order valence-electron chi connectivity index (χ4n) is 3.32. The number of amides is 2. The minimum Gasteiger partial charge on any atom is -0.274 e. The first-order valence-corrected chi connectivity index (χ1v) is 9.96. The number of carbonyl (C=O) groups is 2. The number of fused-ring (bicyclic) bond motifs is 1. The molecule has 0 N–H and O–H groups in total. The third kappa shape index (κ3) is 3.04. The summed E-state index contributed by atoms with van der Waals surface area (Å²) in [6.07, 6.45) is 3.00. The van der Waals surface area contributed by atoms with E-state index < -0.39 is 5.25 Å². The Balaban J connectivity index is 1.60. The molecule has 2 aromatic rings. The van der Waals surface area contributed by atoms with Crippen molar-refractivity contribution in [2.75, 3.05) is 4.90 Å². The second-order valence-electron chi connectivity index (χ2n) is 6.27. The Morgan fingerprint density at radius 1 is 1.23 bits per heavy atom. The highest BCUT2D eigenvalue weighted by atomic mass is 79.9. The van der Waals surface area contributed by atoms with Crippen LogP contribution in [0.15, 0.2) is 39.8 Å². The number of hydrogen-bond donors (Lipinski definition) is 0. The molecule has 2 aliphatic rings. The number of nitrogens with zero attached hydrogens (tertiary/aromatic N) is 3. The van der Waals surface area contributed by atoms with Gasteiger partial charge in [0.05, 0.1) is 16.5 Å². The molecule has 0 bridgehead atoms. The zero-order chi connectivity index (χ0) is 18.3. The number of nitriles is 1. The van der Waals surface area contributed by atoms with Gasteiger partial charge in [-0.1, -0.05) is 27.7 Å². The van der Waals surface area contributed by atoms with Crippen LogP contribution in [0.25, 0.3) is 0 Å². The van der Waals surface area contributed by atoms with E-state index in [-0.39, 0.29) is 18.2 Å². The van der Waals surface area contributed by atoms with E-state index in [1.807, 2.05) is 6.07 Å². The van der Waals surface area contributed by atoms with E-state index in [1.165, 1.54) is 16.7 Å². The third-order valence-electron chi connectivity index (χ3n) is 4.58. The summed E-state index contributed by atoms with van der Waals surface area (Å²) in [5.74, 6) is -0.483. The summed E-state index contributed by atoms with van der Waals surface area (Å²) in [6.45, 7) is 0. The summed E-state index contributed by atoms with van der Waals surface area (Å²) in [7, 11) is 0. The molecular weight excluding hydrogens is 414 g/mol. The van der Waals surface area contributed by atoms with Crippen molar-refractivity contribution in [3.8, 4) is 6.07 Å². The number of carbonyl (C=O) groups excluding carboxylic acids is 2. The molecule has 1 aromatic carbocycles. The molecule has 1 fully saturated rings. The fraction of sp³-hybridized carbons (Fsp3) is 0.263. The lowest BCUT2D eigenvalue weighted by atomic mass is 10.2. The third-order valence-corrected chi connectivity index (χ3v) is 6.30. The summed E-state index contributed by atoms with van der Waals surface area (Å²) >= 11 is 4.58. The molecule has 130 valence electrons. The molecule has 1 saturated heterocycles. The molecule has 2 heterocycles. The van der Waals surface area contributed by atoms with Crippen molar-refractivity contribution in [1.82, 2.24) is 4.98 Å². The molecule has 1 aliphatic heterocycles. The SMILES string of the molecule is N#Cc1cc2c(nc1S[C@@H]1CC(=O)N(c3ccc(Br)cc3)C1=O)CCC2. The van der Waals surface area contributed by atoms with E-state index in [0.717, 1.165) is 35.0 Å². The van der Waals surface area contributed by atoms with Crippen LogP contribution in [-0.4, -0.2) is 22.0 Å². The monoisotopic (exact) mass is 427 g/mol. The van der Waals surface area contributed by atoms with E-state index in [9.17, 15) is 14.9 Å². The second-order valence-corrected chi connectivity index (χ2v) is 8.37. The molecule has 0 unspecified atom stereocenters. The number of anilines is 1. The number of benzene rings is 1. The number of aromatic nitrogens is 1. The molecule has 1 aromatic heterocycles. The van der Waals surface area contributed by atoms with Gasteiger partial charge in [-0.25, -0.2) is 9.88 Å². The predicted octanol–water partition coefficient (Wildman–Crippen LogP) is 3.63. The maximum absolute atomic E-state index is 12.8. The van der Waals surface area contributed by atoms with Crippen LogP contribution in [0.4, 0.5) is 5.69 Å². The van der Waals surface area contributed by atoms with E-state index in [2.05, 4.69) is 27.0 Å². The number of thioether (sulfide) groups is 1. The molecule has 1 atom stereocenters. The molecule has 1 aliphatic carbocycles. The number of halogens is 1. The van der Waals surface area contributed by atoms with Gasteiger partial charge in [-0.3, -0.25) is 9.59 Å². The Labute approximate surface area is 163 Å². The molecule has 0 spiro atoms. The van der Waals surface area contributed by atoms with Gasteiger partial charge in [-0.15, -0.1) is 0 Å². The minimum atomic E-state index is -0.551. The lowest BCUT2D eigenvalue weighted by Gasteiger charge is -2.15. The molecule has 4 rings (SSSR count). The van der Waals surface area contributed by atoms with Crippen LogP contribution in [0, 0.1) is 11.3 Å². The molecule has 2 amide bonds. The second kappa shape index (κ2) is 6.86. The van der Waals surface area contributed by atoms with Crippen molar-refractivity contribution in [3.63, 3.8) is 0 Å². The van der Waals surface area contributed by atoms with Crippen molar-refractivity contribution in [3.05, 3.63) is 51.6 Å². The summed E-state index contributed by atoms with van der Waals surface area (Å²) in [5.41, 5.74) is 3.18. The Bertz CT molecular complexity index is 952. The standard InChI is InChI=1S/C19H14BrN3O2S/c20-13-4-6-14(7-5-13)23-17(24)9-16(19(23)25)26-18-12(10-21)8-11-2-1-3-15(11)22-18/h4-8,16H,1-3,9H2/t16-/m1/s1. The van der Waals surface area contributed by atoms with Gasteiger partial charge >= 0.3 is 0 Å². The highest BCUT2D eigenvalue weighted by molar-refractivity contribution is 9.10. The van der Waals surface area contributed by atoms with Crippen LogP contribution in [0.1, 0.15) is 29.7 Å². The summed E-state index contributed by atoms with van der Waals surface area (Å²) in [5, 5.41) is 9.43. The largest absolute Gasteiger partial charge is 0.274 e. The average Bonchev–Trinajstić information content (AvgIpc) is 3.19. The Hall–Kier alpha value is -2.17. The van der Waals surface area contributed by atoms with E-state index >= 15 is 0 Å². The first-order valence-electron chi connectivity index (χ1n) is 8.28. The van der Waals surface area contributed by atoms with Crippen molar-refractivity contribution in [1.29, 1.82) is 5.26 Å². The summed E-state index contributed by atoms with van der Waals surface area (Å²) in [4.78, 5) is 31.0. The number of rotatable bonds is 3. The van der Waals surface area contributed by atoms with Crippen molar-refractivity contribution in [2.24, 2.45) is 0 Å². The van der Waals surface area contributed by atoms with E-state index in [1.54, 1.807) is 24.3 Å². The zero-order valence-electron chi connectivity index (χ0n) is 13.7. The van der Waals surface area contributed by atoms with Gasteiger partial charge in [0.25, 0.3) is 0 Å². The van der Waals surface area contributed by atoms with Crippen molar-refractivity contribution >= 4 is 45.2 Å². The average molecular weight is 428 g/mol. The number of imide groups is 1. The molecule has 0 radical (unpaired) electrons. The lowest BCUT2D eigenvalue weighted by molar-refractivity contribution is -0.121. The molecule has 0 saturated carbocycles. The van der Waals surface area contributed by atoms with Gasteiger partial charge in [-0.2, -0.15) is 5.26 Å². The van der Waals surface area contributed by atoms with Gasteiger partial charge < -0.3 is 0 Å². The van der Waals surface area contributed by atoms with Crippen LogP contribution in [0.5, 0.6) is 0 Å². The Morgan fingerprint density at radius 3 is 2.73 bits per heavy atom. The summed E-state index contributed by atoms with van der Waals surface area (Å²) in [6, 6.07) is 11.1. The highest BCUT2D eigenvalue weighted by Gasteiger charge is 2.40. The topological polar surface area (TPSA) is 74.1 Å². The van der Waals surface area contributed by atoms with E-state index in [4.69, 9.17) is 0 Å². The smallest absolute Gasteiger partial charge is 0.247 e. The molecule has 7 heteroatoms. The maximum Gasteiger partial charge on any atom is 0.247 e. The van der Waals surface area contributed by atoms with Gasteiger partial charge in [0.2, 0.25) is 11.8 Å². The Kier molecular flexibility index (Phi) is 4.55. The fourth-order valence-corrected chi connectivity index (χ4v) is 4.68. The van der Waals surface area contributed by atoms with Crippen LogP contribution in [-0.2, 0) is 22.4 Å². The van der Waals surface area contributed by atoms with Gasteiger partial charge in [0.1, 0.15) is 11.1 Å². The quantitative estimate of drug-likeness (QED) is 0.699. The number of pyridine rings is 1. The van der Waals surface area contributed by atoms with Crippen molar-refractivity contribution in [2.45, 2.75) is 36.0 Å². The molecule has 26 heavy (non-hydrogen) atoms. The first-order chi connectivity index (χ1) is 12.6. The van der Waals surface area contributed by atoms with Crippen LogP contribution in [0.3, 0.4) is 0 Å². The molecule has 5 nitrogen and oxygen atoms in total. The zero-order valence-corrected chi connectivity index (χ0v) is 16.1.